The Balaban J connectivity index is 3.43. The number of aliphatic hydroxyl groups excluding tert-OH is 1. The van der Waals surface area contributed by atoms with Crippen LogP contribution in [0.3, 0.4) is 0 Å². The van der Waals surface area contributed by atoms with Crippen LogP contribution in [0.15, 0.2) is 60.8 Å². The van der Waals surface area contributed by atoms with Crippen molar-refractivity contribution in [3.8, 4) is 0 Å². The molecule has 0 radical (unpaired) electrons. The van der Waals surface area contributed by atoms with Gasteiger partial charge in [0.25, 0.3) is 0 Å². The van der Waals surface area contributed by atoms with Crippen molar-refractivity contribution in [2.45, 2.75) is 245 Å². The predicted octanol–water partition coefficient (Wildman–Crippen LogP) is 16.4. The second kappa shape index (κ2) is 49.2. The van der Waals surface area contributed by atoms with E-state index in [1.807, 2.05) is 0 Å². The first-order valence-electron chi connectivity index (χ1n) is 24.4. The van der Waals surface area contributed by atoms with Gasteiger partial charge in [0.1, 0.15) is 6.10 Å². The normalized spacial score (nSPS) is 12.8. The minimum atomic E-state index is -0.553. The number of carbonyl (C=O) groups excluding carboxylic acids is 1. The quantitative estimate of drug-likeness (QED) is 0.0380. The molecule has 1 unspecified atom stereocenters. The van der Waals surface area contributed by atoms with Crippen molar-refractivity contribution in [3.63, 3.8) is 0 Å². The van der Waals surface area contributed by atoms with Gasteiger partial charge < -0.3 is 14.6 Å². The number of esters is 1. The molecule has 0 fully saturated rings. The smallest absolute Gasteiger partial charge is 0.306 e. The third kappa shape index (κ3) is 46.5. The van der Waals surface area contributed by atoms with Crippen molar-refractivity contribution in [2.24, 2.45) is 0 Å². The molecule has 0 aliphatic heterocycles. The van der Waals surface area contributed by atoms with E-state index in [1.165, 1.54) is 154 Å². The fourth-order valence-corrected chi connectivity index (χ4v) is 7.00. The van der Waals surface area contributed by atoms with E-state index in [9.17, 15) is 9.90 Å². The van der Waals surface area contributed by atoms with Crippen LogP contribution >= 0.6 is 0 Å². The van der Waals surface area contributed by atoms with Crippen LogP contribution in [-0.4, -0.2) is 37.0 Å². The zero-order valence-electron chi connectivity index (χ0n) is 37.4. The van der Waals surface area contributed by atoms with Crippen molar-refractivity contribution < 1.29 is 19.4 Å². The van der Waals surface area contributed by atoms with Gasteiger partial charge in [-0.3, -0.25) is 4.79 Å². The third-order valence-electron chi connectivity index (χ3n) is 10.6. The summed E-state index contributed by atoms with van der Waals surface area (Å²) in [5, 5.41) is 9.63. The molecule has 326 valence electrons. The fraction of sp³-hybridized carbons (Fsp3) is 0.788. The number of carbonyl (C=O) groups is 1. The molecule has 0 saturated heterocycles. The molecule has 56 heavy (non-hydrogen) atoms. The summed E-state index contributed by atoms with van der Waals surface area (Å²) in [6.07, 6.45) is 66.0. The molecule has 0 aromatic carbocycles. The monoisotopic (exact) mass is 783 g/mol. The third-order valence-corrected chi connectivity index (χ3v) is 10.6. The number of ether oxygens (including phenoxy) is 2. The van der Waals surface area contributed by atoms with Gasteiger partial charge in [-0.05, 0) is 57.8 Å². The maximum Gasteiger partial charge on any atom is 0.306 e. The molecule has 0 aromatic rings. The molecule has 0 heterocycles. The summed E-state index contributed by atoms with van der Waals surface area (Å²) in [4.78, 5) is 12.2. The zero-order valence-corrected chi connectivity index (χ0v) is 37.4. The molecule has 0 aromatic heterocycles. The standard InChI is InChI=1S/C52H94O4/c1-3-5-7-9-11-13-15-17-19-21-23-24-25-26-27-28-30-32-34-36-38-40-42-44-46-48-55-50-51(49-53)56-52(54)47-45-43-41-39-37-35-33-31-29-22-20-18-16-14-12-10-8-6-4-2/h6,8,12,14,18,20,29,31,35,37,51,53H,3-5,7,9-11,13,15-17,19,21-28,30,32-34,36,38-50H2,1-2H3/b8-6-,14-12-,20-18-,31-29-,37-35-. The van der Waals surface area contributed by atoms with E-state index in [0.717, 1.165) is 64.2 Å². The van der Waals surface area contributed by atoms with Crippen molar-refractivity contribution in [1.29, 1.82) is 0 Å². The lowest BCUT2D eigenvalue weighted by molar-refractivity contribution is -0.154. The van der Waals surface area contributed by atoms with Crippen molar-refractivity contribution in [3.05, 3.63) is 60.8 Å². The molecular weight excluding hydrogens is 689 g/mol. The van der Waals surface area contributed by atoms with Gasteiger partial charge in [0.2, 0.25) is 0 Å². The zero-order chi connectivity index (χ0) is 40.5. The van der Waals surface area contributed by atoms with Gasteiger partial charge in [-0.15, -0.1) is 0 Å². The maximum absolute atomic E-state index is 12.2. The first kappa shape index (κ1) is 54.1. The van der Waals surface area contributed by atoms with Gasteiger partial charge in [0.05, 0.1) is 13.2 Å². The highest BCUT2D eigenvalue weighted by atomic mass is 16.6. The second-order valence-corrected chi connectivity index (χ2v) is 16.2. The number of hydrogen-bond acceptors (Lipinski definition) is 4. The molecule has 0 amide bonds. The van der Waals surface area contributed by atoms with Gasteiger partial charge in [-0.2, -0.15) is 0 Å². The highest BCUT2D eigenvalue weighted by Crippen LogP contribution is 2.16. The van der Waals surface area contributed by atoms with Gasteiger partial charge in [-0.25, -0.2) is 0 Å². The summed E-state index contributed by atoms with van der Waals surface area (Å²) in [6.45, 7) is 5.22. The molecule has 0 bridgehead atoms. The summed E-state index contributed by atoms with van der Waals surface area (Å²) in [5.74, 6) is -0.229. The maximum atomic E-state index is 12.2. The van der Waals surface area contributed by atoms with Gasteiger partial charge in [0, 0.05) is 13.0 Å². The largest absolute Gasteiger partial charge is 0.457 e. The van der Waals surface area contributed by atoms with Gasteiger partial charge >= 0.3 is 5.97 Å². The predicted molar refractivity (Wildman–Crippen MR) is 246 cm³/mol. The Bertz CT molecular complexity index is 916. The van der Waals surface area contributed by atoms with Crippen LogP contribution in [0.4, 0.5) is 0 Å². The average molecular weight is 783 g/mol. The summed E-state index contributed by atoms with van der Waals surface area (Å²) in [6, 6.07) is 0. The Kier molecular flexibility index (Phi) is 47.6. The van der Waals surface area contributed by atoms with Crippen LogP contribution in [0.5, 0.6) is 0 Å². The van der Waals surface area contributed by atoms with E-state index in [2.05, 4.69) is 74.6 Å². The van der Waals surface area contributed by atoms with E-state index in [0.29, 0.717) is 13.0 Å². The van der Waals surface area contributed by atoms with Crippen LogP contribution in [0.25, 0.3) is 0 Å². The highest BCUT2D eigenvalue weighted by Gasteiger charge is 2.13. The van der Waals surface area contributed by atoms with E-state index in [-0.39, 0.29) is 19.2 Å². The van der Waals surface area contributed by atoms with Crippen LogP contribution in [0, 0.1) is 0 Å². The molecule has 4 heteroatoms. The molecule has 0 spiro atoms. The molecule has 1 atom stereocenters. The summed E-state index contributed by atoms with van der Waals surface area (Å²) in [7, 11) is 0. The Hall–Kier alpha value is -1.91. The topological polar surface area (TPSA) is 55.8 Å². The summed E-state index contributed by atoms with van der Waals surface area (Å²) in [5.41, 5.74) is 0. The summed E-state index contributed by atoms with van der Waals surface area (Å²) >= 11 is 0. The number of allylic oxidation sites excluding steroid dienone is 10. The Morgan fingerprint density at radius 3 is 1.20 bits per heavy atom. The minimum absolute atomic E-state index is 0.185. The number of hydrogen-bond donors (Lipinski definition) is 1. The lowest BCUT2D eigenvalue weighted by Crippen LogP contribution is -2.27. The molecule has 0 saturated carbocycles. The summed E-state index contributed by atoms with van der Waals surface area (Å²) < 4.78 is 11.2. The van der Waals surface area contributed by atoms with Crippen molar-refractivity contribution in [1.82, 2.24) is 0 Å². The lowest BCUT2D eigenvalue weighted by Gasteiger charge is -2.15. The van der Waals surface area contributed by atoms with E-state index in [4.69, 9.17) is 9.47 Å². The van der Waals surface area contributed by atoms with Gasteiger partial charge in [-0.1, -0.05) is 235 Å². The van der Waals surface area contributed by atoms with Crippen molar-refractivity contribution >= 4 is 5.97 Å². The fourth-order valence-electron chi connectivity index (χ4n) is 7.00. The number of unbranched alkanes of at least 4 members (excludes halogenated alkanes) is 27. The Morgan fingerprint density at radius 1 is 0.446 bits per heavy atom. The van der Waals surface area contributed by atoms with E-state index < -0.39 is 6.10 Å². The number of rotatable bonds is 45. The molecule has 1 N–H and O–H groups in total. The highest BCUT2D eigenvalue weighted by molar-refractivity contribution is 5.69. The van der Waals surface area contributed by atoms with E-state index >= 15 is 0 Å². The first-order chi connectivity index (χ1) is 27.7. The molecule has 0 aliphatic rings. The molecule has 4 nitrogen and oxygen atoms in total. The van der Waals surface area contributed by atoms with Crippen LogP contribution in [0.1, 0.15) is 239 Å². The average Bonchev–Trinajstić information content (AvgIpc) is 3.20. The first-order valence-corrected chi connectivity index (χ1v) is 24.4. The Labute approximate surface area is 349 Å². The minimum Gasteiger partial charge on any atom is -0.457 e. The van der Waals surface area contributed by atoms with Crippen LogP contribution < -0.4 is 0 Å². The number of aliphatic hydroxyl groups is 1. The second-order valence-electron chi connectivity index (χ2n) is 16.2. The molecule has 0 aliphatic carbocycles. The van der Waals surface area contributed by atoms with E-state index in [1.54, 1.807) is 0 Å². The molecular formula is C52H94O4. The van der Waals surface area contributed by atoms with Crippen LogP contribution in [-0.2, 0) is 14.3 Å². The Morgan fingerprint density at radius 2 is 0.804 bits per heavy atom. The SMILES string of the molecule is CC/C=C\C/C=C\C/C=C\C/C=C\C/C=C\CCCCCC(=O)OC(CO)COCCCCCCCCCCCCCCCCCCCCCCCCCCC. The van der Waals surface area contributed by atoms with Crippen molar-refractivity contribution in [2.75, 3.05) is 19.8 Å². The van der Waals surface area contributed by atoms with Gasteiger partial charge in [0.15, 0.2) is 0 Å². The molecule has 0 rings (SSSR count). The van der Waals surface area contributed by atoms with Crippen LogP contribution in [0.2, 0.25) is 0 Å². The lowest BCUT2D eigenvalue weighted by atomic mass is 10.0.